The zero-order valence-corrected chi connectivity index (χ0v) is 14.3. The maximum Gasteiger partial charge on any atom is 0.329 e. The molecule has 24 heavy (non-hydrogen) atoms. The molecule has 0 aliphatic heterocycles. The number of anilines is 1. The Morgan fingerprint density at radius 1 is 0.833 bits per heavy atom. The van der Waals surface area contributed by atoms with Crippen molar-refractivity contribution in [3.63, 3.8) is 0 Å². The van der Waals surface area contributed by atoms with Crippen molar-refractivity contribution in [2.75, 3.05) is 5.32 Å². The fourth-order valence-electron chi connectivity index (χ4n) is 2.28. The zero-order valence-electron chi connectivity index (χ0n) is 14.3. The molecule has 5 nitrogen and oxygen atoms in total. The van der Waals surface area contributed by atoms with Crippen molar-refractivity contribution >= 4 is 23.2 Å². The second-order valence-corrected chi connectivity index (χ2v) is 5.83. The van der Waals surface area contributed by atoms with Gasteiger partial charge in [-0.2, -0.15) is 5.10 Å². The lowest BCUT2D eigenvalue weighted by atomic mass is 10.1. The summed E-state index contributed by atoms with van der Waals surface area (Å²) in [6.45, 7) is 7.62. The van der Waals surface area contributed by atoms with Crippen LogP contribution in [0.1, 0.15) is 29.2 Å². The summed E-state index contributed by atoms with van der Waals surface area (Å²) in [5.74, 6) is -1.55. The number of nitrogens with zero attached hydrogens (tertiary/aromatic N) is 1. The first-order valence-corrected chi connectivity index (χ1v) is 7.66. The number of amides is 2. The van der Waals surface area contributed by atoms with Crippen LogP contribution in [0.15, 0.2) is 47.6 Å². The van der Waals surface area contributed by atoms with E-state index in [-0.39, 0.29) is 0 Å². The van der Waals surface area contributed by atoms with Gasteiger partial charge < -0.3 is 5.32 Å². The van der Waals surface area contributed by atoms with Crippen molar-refractivity contribution in [1.29, 1.82) is 0 Å². The van der Waals surface area contributed by atoms with Gasteiger partial charge in [-0.1, -0.05) is 35.9 Å². The molecule has 0 saturated carbocycles. The summed E-state index contributed by atoms with van der Waals surface area (Å²) in [6, 6.07) is 13.3. The minimum atomic E-state index is -0.805. The quantitative estimate of drug-likeness (QED) is 0.518. The van der Waals surface area contributed by atoms with Crippen molar-refractivity contribution < 1.29 is 9.59 Å². The molecule has 2 N–H and O–H groups in total. The third kappa shape index (κ3) is 4.78. The molecule has 0 aliphatic carbocycles. The highest BCUT2D eigenvalue weighted by atomic mass is 16.2. The van der Waals surface area contributed by atoms with Gasteiger partial charge in [0.25, 0.3) is 0 Å². The SMILES string of the molecule is C/C(=N\NC(=O)C(=O)Nc1cc(C)cc(C)c1)c1ccc(C)cc1. The molecule has 2 aromatic carbocycles. The first-order valence-electron chi connectivity index (χ1n) is 7.66. The van der Waals surface area contributed by atoms with Crippen LogP contribution in [0.4, 0.5) is 5.69 Å². The van der Waals surface area contributed by atoms with E-state index in [1.165, 1.54) is 0 Å². The Morgan fingerprint density at radius 2 is 1.42 bits per heavy atom. The normalized spacial score (nSPS) is 11.1. The van der Waals surface area contributed by atoms with Crippen LogP contribution < -0.4 is 10.7 Å². The van der Waals surface area contributed by atoms with Crippen molar-refractivity contribution in [3.05, 3.63) is 64.7 Å². The first-order chi connectivity index (χ1) is 11.3. The summed E-state index contributed by atoms with van der Waals surface area (Å²) < 4.78 is 0. The van der Waals surface area contributed by atoms with Crippen LogP contribution in [0.3, 0.4) is 0 Å². The van der Waals surface area contributed by atoms with Crippen LogP contribution >= 0.6 is 0 Å². The topological polar surface area (TPSA) is 70.6 Å². The molecule has 2 aromatic rings. The van der Waals surface area contributed by atoms with Gasteiger partial charge in [0.2, 0.25) is 0 Å². The molecule has 0 aromatic heterocycles. The number of hydrazone groups is 1. The van der Waals surface area contributed by atoms with E-state index >= 15 is 0 Å². The van der Waals surface area contributed by atoms with Crippen LogP contribution in [0.25, 0.3) is 0 Å². The van der Waals surface area contributed by atoms with Gasteiger partial charge in [-0.25, -0.2) is 5.43 Å². The highest BCUT2D eigenvalue weighted by molar-refractivity contribution is 6.39. The monoisotopic (exact) mass is 323 g/mol. The molecule has 5 heteroatoms. The van der Waals surface area contributed by atoms with Gasteiger partial charge in [0.05, 0.1) is 5.71 Å². The fourth-order valence-corrected chi connectivity index (χ4v) is 2.28. The molecule has 0 aliphatic rings. The molecule has 0 radical (unpaired) electrons. The van der Waals surface area contributed by atoms with Crippen molar-refractivity contribution in [2.45, 2.75) is 27.7 Å². The van der Waals surface area contributed by atoms with E-state index in [1.54, 1.807) is 19.1 Å². The van der Waals surface area contributed by atoms with Crippen molar-refractivity contribution in [1.82, 2.24) is 5.43 Å². The zero-order chi connectivity index (χ0) is 17.7. The number of aryl methyl sites for hydroxylation is 3. The van der Waals surface area contributed by atoms with E-state index in [9.17, 15) is 9.59 Å². The lowest BCUT2D eigenvalue weighted by Crippen LogP contribution is -2.33. The minimum Gasteiger partial charge on any atom is -0.318 e. The molecule has 0 heterocycles. The van der Waals surface area contributed by atoms with E-state index < -0.39 is 11.8 Å². The second kappa shape index (κ2) is 7.55. The Hall–Kier alpha value is -2.95. The standard InChI is InChI=1S/C19H21N3O2/c1-12-5-7-16(8-6-12)15(4)21-22-19(24)18(23)20-17-10-13(2)9-14(3)11-17/h5-11H,1-4H3,(H,20,23)(H,22,24)/b21-15+. The summed E-state index contributed by atoms with van der Waals surface area (Å²) in [7, 11) is 0. The Kier molecular flexibility index (Phi) is 5.47. The lowest BCUT2D eigenvalue weighted by molar-refractivity contribution is -0.136. The predicted octanol–water partition coefficient (Wildman–Crippen LogP) is 3.09. The van der Waals surface area contributed by atoms with Crippen LogP contribution in [0.2, 0.25) is 0 Å². The number of hydrogen-bond donors (Lipinski definition) is 2. The molecular weight excluding hydrogens is 302 g/mol. The molecule has 0 bridgehead atoms. The molecule has 0 unspecified atom stereocenters. The molecule has 124 valence electrons. The van der Waals surface area contributed by atoms with Gasteiger partial charge in [0.1, 0.15) is 0 Å². The van der Waals surface area contributed by atoms with Crippen LogP contribution in [0, 0.1) is 20.8 Å². The Morgan fingerprint density at radius 3 is 2.00 bits per heavy atom. The van der Waals surface area contributed by atoms with Gasteiger partial charge in [0, 0.05) is 5.69 Å². The van der Waals surface area contributed by atoms with Gasteiger partial charge >= 0.3 is 11.8 Å². The van der Waals surface area contributed by atoms with E-state index in [4.69, 9.17) is 0 Å². The van der Waals surface area contributed by atoms with Crippen LogP contribution in [0.5, 0.6) is 0 Å². The lowest BCUT2D eigenvalue weighted by Gasteiger charge is -2.07. The molecular formula is C19H21N3O2. The van der Waals surface area contributed by atoms with Crippen molar-refractivity contribution in [3.8, 4) is 0 Å². The van der Waals surface area contributed by atoms with Crippen molar-refractivity contribution in [2.24, 2.45) is 5.10 Å². The number of carbonyl (C=O) groups is 2. The molecule has 2 rings (SSSR count). The third-order valence-electron chi connectivity index (χ3n) is 3.48. The molecule has 0 atom stereocenters. The van der Waals surface area contributed by atoms with E-state index in [2.05, 4.69) is 15.8 Å². The summed E-state index contributed by atoms with van der Waals surface area (Å²) in [5, 5.41) is 6.55. The van der Waals surface area contributed by atoms with Gasteiger partial charge in [0.15, 0.2) is 0 Å². The predicted molar refractivity (Wildman–Crippen MR) is 96.1 cm³/mol. The molecule has 0 spiro atoms. The average Bonchev–Trinajstić information content (AvgIpc) is 2.51. The summed E-state index contributed by atoms with van der Waals surface area (Å²) >= 11 is 0. The van der Waals surface area contributed by atoms with Crippen LogP contribution in [-0.4, -0.2) is 17.5 Å². The molecule has 0 saturated heterocycles. The van der Waals surface area contributed by atoms with E-state index in [0.717, 1.165) is 22.3 Å². The fraction of sp³-hybridized carbons (Fsp3) is 0.211. The molecule has 0 fully saturated rings. The number of carbonyl (C=O) groups excluding carboxylic acids is 2. The smallest absolute Gasteiger partial charge is 0.318 e. The van der Waals surface area contributed by atoms with Crippen LogP contribution in [-0.2, 0) is 9.59 Å². The number of rotatable bonds is 3. The second-order valence-electron chi connectivity index (χ2n) is 5.83. The Labute approximate surface area is 141 Å². The van der Waals surface area contributed by atoms with E-state index in [0.29, 0.717) is 11.4 Å². The third-order valence-corrected chi connectivity index (χ3v) is 3.48. The average molecular weight is 323 g/mol. The van der Waals surface area contributed by atoms with E-state index in [1.807, 2.05) is 51.1 Å². The number of nitrogens with one attached hydrogen (secondary N) is 2. The highest BCUT2D eigenvalue weighted by Gasteiger charge is 2.13. The Balaban J connectivity index is 1.99. The molecule has 2 amide bonds. The maximum atomic E-state index is 11.9. The summed E-state index contributed by atoms with van der Waals surface area (Å²) in [4.78, 5) is 23.8. The maximum absolute atomic E-state index is 11.9. The van der Waals surface area contributed by atoms with Gasteiger partial charge in [-0.05, 0) is 56.5 Å². The number of hydrogen-bond acceptors (Lipinski definition) is 3. The highest BCUT2D eigenvalue weighted by Crippen LogP contribution is 2.13. The Bertz CT molecular complexity index is 773. The first kappa shape index (κ1) is 17.4. The van der Waals surface area contributed by atoms with Gasteiger partial charge in [-0.3, -0.25) is 9.59 Å². The summed E-state index contributed by atoms with van der Waals surface area (Å²) in [6.07, 6.45) is 0. The van der Waals surface area contributed by atoms with Gasteiger partial charge in [-0.15, -0.1) is 0 Å². The minimum absolute atomic E-state index is 0.590. The summed E-state index contributed by atoms with van der Waals surface area (Å²) in [5.41, 5.74) is 7.55. The largest absolute Gasteiger partial charge is 0.329 e. The number of benzene rings is 2.